The maximum Gasteiger partial charge on any atom is 0.0578 e. The lowest BCUT2D eigenvalue weighted by atomic mass is 9.50. The Hall–Kier alpha value is -0.820. The van der Waals surface area contributed by atoms with Crippen molar-refractivity contribution in [2.45, 2.75) is 99.0 Å². The van der Waals surface area contributed by atoms with Gasteiger partial charge < -0.3 is 5.11 Å². The lowest BCUT2D eigenvalue weighted by molar-refractivity contribution is 0.0382. The first-order valence-electron chi connectivity index (χ1n) is 13.0. The fourth-order valence-corrected chi connectivity index (χ4v) is 8.17. The molecule has 0 unspecified atom stereocenters. The van der Waals surface area contributed by atoms with Crippen LogP contribution in [0.25, 0.3) is 0 Å². The Morgan fingerprint density at radius 2 is 1.77 bits per heavy atom. The van der Waals surface area contributed by atoms with E-state index in [1.54, 1.807) is 5.57 Å². The van der Waals surface area contributed by atoms with Crippen molar-refractivity contribution < 1.29 is 5.11 Å². The number of aliphatic hydroxyl groups excluding tert-OH is 1. The number of rotatable bonds is 5. The van der Waals surface area contributed by atoms with Crippen molar-refractivity contribution in [1.82, 2.24) is 0 Å². The zero-order chi connectivity index (χ0) is 21.7. The van der Waals surface area contributed by atoms with Crippen molar-refractivity contribution in [3.8, 4) is 0 Å². The average Bonchev–Trinajstić information content (AvgIpc) is 3.06. The van der Waals surface area contributed by atoms with Crippen molar-refractivity contribution >= 4 is 0 Å². The largest absolute Gasteiger partial charge is 0.393 e. The number of fused-ring (bicyclic) bond motifs is 5. The molecule has 0 heterocycles. The number of aliphatic hydroxyl groups is 1. The van der Waals surface area contributed by atoms with Gasteiger partial charge in [0.2, 0.25) is 0 Å². The lowest BCUT2D eigenvalue weighted by Gasteiger charge is -2.55. The molecule has 1 nitrogen and oxygen atoms in total. The molecule has 4 aliphatic rings. The third-order valence-corrected chi connectivity index (χ3v) is 10.2. The third-order valence-electron chi connectivity index (χ3n) is 10.2. The Labute approximate surface area is 186 Å². The highest BCUT2D eigenvalue weighted by atomic mass is 16.3. The molecule has 0 spiro atoms. The van der Waals surface area contributed by atoms with Gasteiger partial charge in [0, 0.05) is 0 Å². The van der Waals surface area contributed by atoms with Crippen LogP contribution in [0.3, 0.4) is 0 Å². The summed E-state index contributed by atoms with van der Waals surface area (Å²) >= 11 is 0. The fourth-order valence-electron chi connectivity index (χ4n) is 8.17. The minimum absolute atomic E-state index is 0.116. The smallest absolute Gasteiger partial charge is 0.0578 e. The van der Waals surface area contributed by atoms with Crippen LogP contribution in [0.2, 0.25) is 0 Å². The number of hydrogen-bond acceptors (Lipinski definition) is 1. The standard InChI is InChI=1S/C29H46O/c1-7-21(19(2)3)9-8-20(4)25-12-13-26-24-11-10-22-18-23(30)14-16-28(22,5)27(24)15-17-29(25,26)6/h8-11,19-21,23,25-27,30H,7,12-18H2,1-6H3/t20-,21-,23+,25-,26+,27+,28+,29-/m1/s1. The summed E-state index contributed by atoms with van der Waals surface area (Å²) in [5.41, 5.74) is 4.07. The molecule has 4 aliphatic carbocycles. The Bertz CT molecular complexity index is 727. The Morgan fingerprint density at radius 1 is 1.00 bits per heavy atom. The normalized spacial score (nSPS) is 42.9. The summed E-state index contributed by atoms with van der Waals surface area (Å²) in [6.45, 7) is 14.7. The van der Waals surface area contributed by atoms with Crippen LogP contribution >= 0.6 is 0 Å². The van der Waals surface area contributed by atoms with Gasteiger partial charge in [0.25, 0.3) is 0 Å². The summed E-state index contributed by atoms with van der Waals surface area (Å²) in [6.07, 6.45) is 19.7. The first-order valence-corrected chi connectivity index (χ1v) is 13.0. The number of hydrogen-bond donors (Lipinski definition) is 1. The van der Waals surface area contributed by atoms with Gasteiger partial charge in [-0.15, -0.1) is 0 Å². The molecule has 168 valence electrons. The van der Waals surface area contributed by atoms with Crippen molar-refractivity contribution in [2.75, 3.05) is 0 Å². The molecular formula is C29H46O. The fraction of sp³-hybridized carbons (Fsp3) is 0.793. The van der Waals surface area contributed by atoms with Crippen LogP contribution < -0.4 is 0 Å². The Balaban J connectivity index is 1.56. The molecule has 0 bridgehead atoms. The molecule has 0 amide bonds. The van der Waals surface area contributed by atoms with Gasteiger partial charge in [-0.1, -0.05) is 77.0 Å². The highest BCUT2D eigenvalue weighted by Gasteiger charge is 2.56. The topological polar surface area (TPSA) is 20.2 Å². The van der Waals surface area contributed by atoms with E-state index in [0.29, 0.717) is 16.7 Å². The maximum absolute atomic E-state index is 10.2. The van der Waals surface area contributed by atoms with Crippen LogP contribution in [-0.2, 0) is 0 Å². The van der Waals surface area contributed by atoms with Gasteiger partial charge in [-0.2, -0.15) is 0 Å². The first-order chi connectivity index (χ1) is 14.2. The molecule has 0 aromatic heterocycles. The molecule has 3 fully saturated rings. The van der Waals surface area contributed by atoms with Crippen LogP contribution in [-0.4, -0.2) is 11.2 Å². The second-order valence-electron chi connectivity index (χ2n) is 12.1. The van der Waals surface area contributed by atoms with Crippen LogP contribution in [0.4, 0.5) is 0 Å². The van der Waals surface area contributed by atoms with E-state index >= 15 is 0 Å². The van der Waals surface area contributed by atoms with E-state index in [2.05, 4.69) is 65.8 Å². The van der Waals surface area contributed by atoms with Gasteiger partial charge in [0.05, 0.1) is 6.10 Å². The second kappa shape index (κ2) is 8.27. The van der Waals surface area contributed by atoms with Crippen molar-refractivity contribution in [3.05, 3.63) is 35.5 Å². The van der Waals surface area contributed by atoms with E-state index in [4.69, 9.17) is 0 Å². The van der Waals surface area contributed by atoms with Crippen molar-refractivity contribution in [1.29, 1.82) is 0 Å². The summed E-state index contributed by atoms with van der Waals surface area (Å²) in [5.74, 6) is 4.45. The van der Waals surface area contributed by atoms with Gasteiger partial charge in [-0.3, -0.25) is 0 Å². The van der Waals surface area contributed by atoms with Gasteiger partial charge >= 0.3 is 0 Å². The van der Waals surface area contributed by atoms with Crippen LogP contribution in [0, 0.1) is 46.3 Å². The van der Waals surface area contributed by atoms with Gasteiger partial charge in [-0.25, -0.2) is 0 Å². The van der Waals surface area contributed by atoms with Crippen molar-refractivity contribution in [2.24, 2.45) is 46.3 Å². The molecule has 4 rings (SSSR count). The zero-order valence-corrected chi connectivity index (χ0v) is 20.5. The molecule has 0 aromatic rings. The van der Waals surface area contributed by atoms with Gasteiger partial charge in [0.15, 0.2) is 0 Å². The predicted octanol–water partition coefficient (Wildman–Crippen LogP) is 7.72. The van der Waals surface area contributed by atoms with Crippen LogP contribution in [0.5, 0.6) is 0 Å². The number of allylic oxidation sites excluding steroid dienone is 5. The molecule has 0 saturated heterocycles. The van der Waals surface area contributed by atoms with E-state index in [-0.39, 0.29) is 6.10 Å². The molecule has 0 aromatic carbocycles. The first kappa shape index (κ1) is 22.4. The summed E-state index contributed by atoms with van der Waals surface area (Å²) < 4.78 is 0. The molecule has 1 heteroatoms. The molecular weight excluding hydrogens is 364 g/mol. The summed E-state index contributed by atoms with van der Waals surface area (Å²) in [5, 5.41) is 10.2. The van der Waals surface area contributed by atoms with E-state index in [1.165, 1.54) is 44.1 Å². The Kier molecular flexibility index (Phi) is 6.17. The summed E-state index contributed by atoms with van der Waals surface area (Å²) in [6, 6.07) is 0. The molecule has 1 N–H and O–H groups in total. The predicted molar refractivity (Wildman–Crippen MR) is 128 cm³/mol. The SMILES string of the molecule is CC[C@H](C=C[C@@H](C)[C@H]1CC[C@H]2C3=CC=C4C[C@@H](O)CC[C@]4(C)[C@H]3CC[C@]12C)C(C)C. The monoisotopic (exact) mass is 410 g/mol. The summed E-state index contributed by atoms with van der Waals surface area (Å²) in [7, 11) is 0. The quantitative estimate of drug-likeness (QED) is 0.460. The van der Waals surface area contributed by atoms with Crippen LogP contribution in [0.1, 0.15) is 92.9 Å². The highest BCUT2D eigenvalue weighted by molar-refractivity contribution is 5.39. The highest BCUT2D eigenvalue weighted by Crippen LogP contribution is 2.66. The molecule has 0 radical (unpaired) electrons. The minimum atomic E-state index is -0.116. The Morgan fingerprint density at radius 3 is 2.47 bits per heavy atom. The molecule has 0 aliphatic heterocycles. The van der Waals surface area contributed by atoms with Gasteiger partial charge in [-0.05, 0) is 97.7 Å². The third kappa shape index (κ3) is 3.58. The molecule has 3 saturated carbocycles. The maximum atomic E-state index is 10.2. The van der Waals surface area contributed by atoms with E-state index in [9.17, 15) is 5.11 Å². The van der Waals surface area contributed by atoms with E-state index < -0.39 is 0 Å². The van der Waals surface area contributed by atoms with Gasteiger partial charge in [0.1, 0.15) is 0 Å². The van der Waals surface area contributed by atoms with E-state index in [1.807, 2.05) is 0 Å². The minimum Gasteiger partial charge on any atom is -0.393 e. The van der Waals surface area contributed by atoms with Crippen LogP contribution in [0.15, 0.2) is 35.5 Å². The van der Waals surface area contributed by atoms with E-state index in [0.717, 1.165) is 42.4 Å². The second-order valence-corrected chi connectivity index (χ2v) is 12.1. The van der Waals surface area contributed by atoms with Crippen molar-refractivity contribution in [3.63, 3.8) is 0 Å². The zero-order valence-electron chi connectivity index (χ0n) is 20.5. The summed E-state index contributed by atoms with van der Waals surface area (Å²) in [4.78, 5) is 0. The average molecular weight is 411 g/mol. The molecule has 30 heavy (non-hydrogen) atoms. The molecule has 8 atom stereocenters. The lowest BCUT2D eigenvalue weighted by Crippen LogP contribution is -2.46.